The van der Waals surface area contributed by atoms with Crippen molar-refractivity contribution in [3.8, 4) is 5.88 Å². The number of nitrogens with zero attached hydrogens (tertiary/aromatic N) is 1. The summed E-state index contributed by atoms with van der Waals surface area (Å²) < 4.78 is 0. The first-order chi connectivity index (χ1) is 7.24. The molecule has 1 heterocycles. The Labute approximate surface area is 91.9 Å². The first kappa shape index (κ1) is 12.1. The number of imidazole rings is 1. The summed E-state index contributed by atoms with van der Waals surface area (Å²) in [4.78, 5) is 7.05. The summed E-state index contributed by atoms with van der Waals surface area (Å²) in [6.07, 6.45) is 8.53. The molecule has 0 aromatic carbocycles. The number of hydrogen-bond acceptors (Lipinski definition) is 2. The molecular weight excluding hydrogens is 188 g/mol. The van der Waals surface area contributed by atoms with Gasteiger partial charge >= 0.3 is 0 Å². The fraction of sp³-hybridized carbons (Fsp3) is 0.750. The van der Waals surface area contributed by atoms with Crippen LogP contribution in [0.1, 0.15) is 57.0 Å². The van der Waals surface area contributed by atoms with Gasteiger partial charge in [0.15, 0.2) is 0 Å². The number of unbranched alkanes of at least 4 members (excludes halogenated alkanes) is 5. The van der Waals surface area contributed by atoms with E-state index in [0.717, 1.165) is 24.4 Å². The predicted molar refractivity (Wildman–Crippen MR) is 62.1 cm³/mol. The lowest BCUT2D eigenvalue weighted by atomic mass is 10.1. The Morgan fingerprint density at radius 1 is 1.13 bits per heavy atom. The molecule has 0 aliphatic heterocycles. The van der Waals surface area contributed by atoms with Gasteiger partial charge in [-0.2, -0.15) is 0 Å². The third-order valence-electron chi connectivity index (χ3n) is 2.64. The molecule has 0 bridgehead atoms. The normalized spacial score (nSPS) is 10.8. The lowest BCUT2D eigenvalue weighted by Gasteiger charge is -1.99. The van der Waals surface area contributed by atoms with Crippen LogP contribution >= 0.6 is 0 Å². The Hall–Kier alpha value is -0.990. The third-order valence-corrected chi connectivity index (χ3v) is 2.64. The molecule has 0 radical (unpaired) electrons. The van der Waals surface area contributed by atoms with E-state index in [1.807, 2.05) is 6.92 Å². The zero-order valence-corrected chi connectivity index (χ0v) is 9.84. The Bertz CT molecular complexity index is 281. The molecule has 1 aromatic heterocycles. The molecular formula is C12H22N2O. The quantitative estimate of drug-likeness (QED) is 0.678. The summed E-state index contributed by atoms with van der Waals surface area (Å²) in [5.74, 6) is 1.05. The van der Waals surface area contributed by atoms with Gasteiger partial charge in [-0.1, -0.05) is 39.0 Å². The minimum Gasteiger partial charge on any atom is -0.493 e. The minimum absolute atomic E-state index is 0.251. The highest BCUT2D eigenvalue weighted by molar-refractivity contribution is 5.18. The summed E-state index contributed by atoms with van der Waals surface area (Å²) in [6.45, 7) is 4.09. The first-order valence-electron chi connectivity index (χ1n) is 5.98. The largest absolute Gasteiger partial charge is 0.493 e. The smallest absolute Gasteiger partial charge is 0.212 e. The van der Waals surface area contributed by atoms with E-state index < -0.39 is 0 Å². The molecule has 0 spiro atoms. The molecule has 0 saturated carbocycles. The highest BCUT2D eigenvalue weighted by Gasteiger charge is 2.05. The van der Waals surface area contributed by atoms with E-state index in [1.54, 1.807) is 0 Å². The third kappa shape index (κ3) is 4.36. The maximum absolute atomic E-state index is 9.45. The number of aromatic nitrogens is 2. The van der Waals surface area contributed by atoms with Crippen molar-refractivity contribution in [2.75, 3.05) is 0 Å². The highest BCUT2D eigenvalue weighted by Crippen LogP contribution is 2.16. The number of hydrogen-bond donors (Lipinski definition) is 2. The van der Waals surface area contributed by atoms with Crippen molar-refractivity contribution in [3.63, 3.8) is 0 Å². The number of rotatable bonds is 7. The molecule has 1 rings (SSSR count). The minimum atomic E-state index is 0.251. The number of aromatic hydroxyl groups is 1. The second kappa shape index (κ2) is 6.49. The topological polar surface area (TPSA) is 48.9 Å². The fourth-order valence-corrected chi connectivity index (χ4v) is 1.77. The maximum atomic E-state index is 9.45. The Morgan fingerprint density at radius 2 is 1.80 bits per heavy atom. The van der Waals surface area contributed by atoms with E-state index >= 15 is 0 Å². The summed E-state index contributed by atoms with van der Waals surface area (Å²) >= 11 is 0. The van der Waals surface area contributed by atoms with Crippen LogP contribution in [0.3, 0.4) is 0 Å². The van der Waals surface area contributed by atoms with Gasteiger partial charge in [-0.25, -0.2) is 4.98 Å². The lowest BCUT2D eigenvalue weighted by Crippen LogP contribution is -1.87. The molecule has 3 heteroatoms. The van der Waals surface area contributed by atoms with Gasteiger partial charge in [-0.15, -0.1) is 0 Å². The van der Waals surface area contributed by atoms with Gasteiger partial charge in [0.05, 0.1) is 0 Å². The number of nitrogens with one attached hydrogen (secondary N) is 1. The van der Waals surface area contributed by atoms with Crippen LogP contribution in [-0.4, -0.2) is 15.1 Å². The summed E-state index contributed by atoms with van der Waals surface area (Å²) in [7, 11) is 0. The standard InChI is InChI=1S/C12H22N2O/c1-3-4-5-6-7-8-9-11-12(15)14-10(2)13-11/h15H,3-9H2,1-2H3,(H,13,14). The number of aromatic amines is 1. The van der Waals surface area contributed by atoms with Crippen molar-refractivity contribution >= 4 is 0 Å². The average molecular weight is 210 g/mol. The molecule has 2 N–H and O–H groups in total. The van der Waals surface area contributed by atoms with Crippen molar-refractivity contribution in [1.29, 1.82) is 0 Å². The predicted octanol–water partition coefficient (Wildman–Crippen LogP) is 3.33. The van der Waals surface area contributed by atoms with Gasteiger partial charge in [-0.3, -0.25) is 0 Å². The van der Waals surface area contributed by atoms with E-state index in [2.05, 4.69) is 16.9 Å². The van der Waals surface area contributed by atoms with Crippen LogP contribution in [0.4, 0.5) is 0 Å². The molecule has 1 aromatic rings. The van der Waals surface area contributed by atoms with Crippen LogP contribution in [0.15, 0.2) is 0 Å². The van der Waals surface area contributed by atoms with Crippen molar-refractivity contribution in [2.24, 2.45) is 0 Å². The Morgan fingerprint density at radius 3 is 2.40 bits per heavy atom. The number of H-pyrrole nitrogens is 1. The van der Waals surface area contributed by atoms with Crippen LogP contribution in [-0.2, 0) is 6.42 Å². The molecule has 0 amide bonds. The zero-order valence-electron chi connectivity index (χ0n) is 9.84. The van der Waals surface area contributed by atoms with E-state index in [-0.39, 0.29) is 5.88 Å². The molecule has 0 atom stereocenters. The monoisotopic (exact) mass is 210 g/mol. The summed E-state index contributed by atoms with van der Waals surface area (Å²) in [5.41, 5.74) is 0.822. The highest BCUT2D eigenvalue weighted by atomic mass is 16.3. The van der Waals surface area contributed by atoms with Crippen LogP contribution in [0.5, 0.6) is 5.88 Å². The zero-order chi connectivity index (χ0) is 11.1. The summed E-state index contributed by atoms with van der Waals surface area (Å²) in [6, 6.07) is 0. The van der Waals surface area contributed by atoms with Crippen LogP contribution < -0.4 is 0 Å². The number of aryl methyl sites for hydroxylation is 2. The molecule has 0 saturated heterocycles. The molecule has 15 heavy (non-hydrogen) atoms. The van der Waals surface area contributed by atoms with E-state index in [9.17, 15) is 5.11 Å². The maximum Gasteiger partial charge on any atom is 0.212 e. The van der Waals surface area contributed by atoms with Crippen LogP contribution in [0.25, 0.3) is 0 Å². The van der Waals surface area contributed by atoms with Crippen molar-refractivity contribution in [3.05, 3.63) is 11.5 Å². The van der Waals surface area contributed by atoms with Gasteiger partial charge in [0.2, 0.25) is 5.88 Å². The van der Waals surface area contributed by atoms with Crippen molar-refractivity contribution in [1.82, 2.24) is 9.97 Å². The SMILES string of the molecule is CCCCCCCCc1nc(C)[nH]c1O. The van der Waals surface area contributed by atoms with Crippen molar-refractivity contribution < 1.29 is 5.11 Å². The van der Waals surface area contributed by atoms with Gasteiger partial charge in [-0.05, 0) is 19.8 Å². The average Bonchev–Trinajstić information content (AvgIpc) is 2.51. The van der Waals surface area contributed by atoms with E-state index in [4.69, 9.17) is 0 Å². The first-order valence-corrected chi connectivity index (χ1v) is 5.98. The second-order valence-electron chi connectivity index (χ2n) is 4.14. The molecule has 0 aliphatic rings. The van der Waals surface area contributed by atoms with E-state index in [0.29, 0.717) is 0 Å². The van der Waals surface area contributed by atoms with Gasteiger partial charge in [0.25, 0.3) is 0 Å². The van der Waals surface area contributed by atoms with Gasteiger partial charge in [0, 0.05) is 0 Å². The van der Waals surface area contributed by atoms with Crippen LogP contribution in [0.2, 0.25) is 0 Å². The summed E-state index contributed by atoms with van der Waals surface area (Å²) in [5, 5.41) is 9.45. The Kier molecular flexibility index (Phi) is 5.22. The molecule has 86 valence electrons. The van der Waals surface area contributed by atoms with Crippen molar-refractivity contribution in [2.45, 2.75) is 58.8 Å². The van der Waals surface area contributed by atoms with Gasteiger partial charge in [0.1, 0.15) is 11.5 Å². The van der Waals surface area contributed by atoms with Crippen LogP contribution in [0, 0.1) is 6.92 Å². The second-order valence-corrected chi connectivity index (χ2v) is 4.14. The Balaban J connectivity index is 2.12. The fourth-order valence-electron chi connectivity index (χ4n) is 1.77. The molecule has 0 aliphatic carbocycles. The lowest BCUT2D eigenvalue weighted by molar-refractivity contribution is 0.447. The molecule has 0 unspecified atom stereocenters. The molecule has 3 nitrogen and oxygen atoms in total. The molecule has 0 fully saturated rings. The van der Waals surface area contributed by atoms with Gasteiger partial charge < -0.3 is 10.1 Å². The van der Waals surface area contributed by atoms with E-state index in [1.165, 1.54) is 32.1 Å².